The van der Waals surface area contributed by atoms with Gasteiger partial charge in [-0.3, -0.25) is 0 Å². The standard InChI is InChI=1S/C13H22O6/c1-5-18-10-8(15)12(17)19-9(10)7(2)11(16)13(3,4)6-14/h7,9,11,14-16H,5-6H2,1-4H3/t7-,9-,11+/m1/s1. The zero-order valence-corrected chi connectivity index (χ0v) is 11.7. The fourth-order valence-corrected chi connectivity index (χ4v) is 2.08. The zero-order chi connectivity index (χ0) is 14.8. The predicted octanol–water partition coefficient (Wildman–Crippen LogP) is 0.733. The highest BCUT2D eigenvalue weighted by atomic mass is 16.6. The van der Waals surface area contributed by atoms with Gasteiger partial charge in [0.25, 0.3) is 0 Å². The van der Waals surface area contributed by atoms with E-state index in [0.29, 0.717) is 0 Å². The van der Waals surface area contributed by atoms with Gasteiger partial charge in [-0.1, -0.05) is 20.8 Å². The summed E-state index contributed by atoms with van der Waals surface area (Å²) in [6.45, 7) is 6.87. The minimum absolute atomic E-state index is 0.0489. The third-order valence-electron chi connectivity index (χ3n) is 3.40. The maximum Gasteiger partial charge on any atom is 0.377 e. The summed E-state index contributed by atoms with van der Waals surface area (Å²) >= 11 is 0. The van der Waals surface area contributed by atoms with Crippen molar-refractivity contribution in [1.82, 2.24) is 0 Å². The second kappa shape index (κ2) is 5.79. The van der Waals surface area contributed by atoms with E-state index in [1.807, 2.05) is 0 Å². The Balaban J connectivity index is 2.94. The molecule has 1 heterocycles. The van der Waals surface area contributed by atoms with Crippen molar-refractivity contribution in [2.75, 3.05) is 13.2 Å². The molecule has 0 saturated carbocycles. The van der Waals surface area contributed by atoms with Crippen LogP contribution in [0.5, 0.6) is 0 Å². The average Bonchev–Trinajstić information content (AvgIpc) is 2.65. The van der Waals surface area contributed by atoms with Crippen molar-refractivity contribution in [2.24, 2.45) is 11.3 Å². The molecule has 0 radical (unpaired) electrons. The van der Waals surface area contributed by atoms with E-state index in [1.165, 1.54) is 0 Å². The highest BCUT2D eigenvalue weighted by Crippen LogP contribution is 2.34. The summed E-state index contributed by atoms with van der Waals surface area (Å²) in [5.41, 5.74) is -0.749. The van der Waals surface area contributed by atoms with Gasteiger partial charge in [0.1, 0.15) is 0 Å². The van der Waals surface area contributed by atoms with E-state index in [4.69, 9.17) is 9.47 Å². The Bertz CT molecular complexity index is 373. The average molecular weight is 274 g/mol. The number of esters is 1. The van der Waals surface area contributed by atoms with Crippen molar-refractivity contribution in [2.45, 2.75) is 39.9 Å². The number of carbonyl (C=O) groups is 1. The highest BCUT2D eigenvalue weighted by molar-refractivity contribution is 5.89. The quantitative estimate of drug-likeness (QED) is 0.618. The Morgan fingerprint density at radius 1 is 1.47 bits per heavy atom. The smallest absolute Gasteiger partial charge is 0.377 e. The SMILES string of the molecule is CCOC1=C(O)C(=O)O[C@@H]1[C@@H](C)[C@H](O)C(C)(C)CO. The molecule has 1 rings (SSSR count). The Hall–Kier alpha value is -1.27. The van der Waals surface area contributed by atoms with Crippen LogP contribution in [0.1, 0.15) is 27.7 Å². The first-order valence-corrected chi connectivity index (χ1v) is 6.32. The lowest BCUT2D eigenvalue weighted by atomic mass is 9.78. The van der Waals surface area contributed by atoms with E-state index in [9.17, 15) is 20.1 Å². The molecule has 0 spiro atoms. The van der Waals surface area contributed by atoms with Gasteiger partial charge in [-0.25, -0.2) is 4.79 Å². The topological polar surface area (TPSA) is 96.2 Å². The lowest BCUT2D eigenvalue weighted by Crippen LogP contribution is -2.43. The maximum atomic E-state index is 11.4. The van der Waals surface area contributed by atoms with Crippen LogP contribution in [-0.4, -0.2) is 46.7 Å². The van der Waals surface area contributed by atoms with Crippen molar-refractivity contribution in [3.8, 4) is 0 Å². The third kappa shape index (κ3) is 3.01. The van der Waals surface area contributed by atoms with E-state index in [1.54, 1.807) is 27.7 Å². The summed E-state index contributed by atoms with van der Waals surface area (Å²) in [4.78, 5) is 11.4. The summed E-state index contributed by atoms with van der Waals surface area (Å²) < 4.78 is 10.3. The molecule has 19 heavy (non-hydrogen) atoms. The molecule has 0 fully saturated rings. The van der Waals surface area contributed by atoms with Crippen LogP contribution in [0.4, 0.5) is 0 Å². The first-order valence-electron chi connectivity index (χ1n) is 6.32. The molecule has 0 saturated heterocycles. The molecule has 0 aliphatic carbocycles. The number of hydrogen-bond donors (Lipinski definition) is 3. The summed E-state index contributed by atoms with van der Waals surface area (Å²) in [6.07, 6.45) is -1.76. The van der Waals surface area contributed by atoms with Gasteiger partial charge in [0.05, 0.1) is 19.3 Å². The number of carbonyl (C=O) groups excluding carboxylic acids is 1. The summed E-state index contributed by atoms with van der Waals surface area (Å²) in [5.74, 6) is -1.87. The molecule has 0 aromatic heterocycles. The van der Waals surface area contributed by atoms with E-state index in [-0.39, 0.29) is 19.0 Å². The van der Waals surface area contributed by atoms with Gasteiger partial charge < -0.3 is 24.8 Å². The second-order valence-corrected chi connectivity index (χ2v) is 5.42. The lowest BCUT2D eigenvalue weighted by Gasteiger charge is -2.35. The van der Waals surface area contributed by atoms with Crippen LogP contribution in [0.15, 0.2) is 11.5 Å². The number of aliphatic hydroxyl groups excluding tert-OH is 3. The molecular weight excluding hydrogens is 252 g/mol. The Morgan fingerprint density at radius 3 is 2.53 bits per heavy atom. The molecule has 6 nitrogen and oxygen atoms in total. The monoisotopic (exact) mass is 274 g/mol. The number of hydrogen-bond acceptors (Lipinski definition) is 6. The van der Waals surface area contributed by atoms with Crippen LogP contribution >= 0.6 is 0 Å². The largest absolute Gasteiger partial charge is 0.499 e. The Kier molecular flexibility index (Phi) is 4.81. The number of aliphatic hydroxyl groups is 3. The molecular formula is C13H22O6. The van der Waals surface area contributed by atoms with Crippen molar-refractivity contribution in [3.63, 3.8) is 0 Å². The minimum atomic E-state index is -0.920. The van der Waals surface area contributed by atoms with Gasteiger partial charge in [-0.15, -0.1) is 0 Å². The molecule has 0 aromatic carbocycles. The van der Waals surface area contributed by atoms with Crippen LogP contribution in [-0.2, 0) is 14.3 Å². The first kappa shape index (κ1) is 15.8. The minimum Gasteiger partial charge on any atom is -0.499 e. The van der Waals surface area contributed by atoms with Gasteiger partial charge in [0.15, 0.2) is 11.9 Å². The van der Waals surface area contributed by atoms with E-state index >= 15 is 0 Å². The van der Waals surface area contributed by atoms with Crippen LogP contribution in [0.2, 0.25) is 0 Å². The lowest BCUT2D eigenvalue weighted by molar-refractivity contribution is -0.148. The van der Waals surface area contributed by atoms with Gasteiger partial charge in [-0.05, 0) is 6.92 Å². The first-order chi connectivity index (χ1) is 8.76. The Labute approximate surface area is 112 Å². The predicted molar refractivity (Wildman–Crippen MR) is 67.2 cm³/mol. The molecule has 110 valence electrons. The second-order valence-electron chi connectivity index (χ2n) is 5.42. The maximum absolute atomic E-state index is 11.4. The van der Waals surface area contributed by atoms with Crippen LogP contribution in [0.25, 0.3) is 0 Å². The van der Waals surface area contributed by atoms with Crippen molar-refractivity contribution < 1.29 is 29.6 Å². The molecule has 3 atom stereocenters. The van der Waals surface area contributed by atoms with Crippen molar-refractivity contribution in [1.29, 1.82) is 0 Å². The molecule has 1 aliphatic rings. The molecule has 1 aliphatic heterocycles. The summed E-state index contributed by atoms with van der Waals surface area (Å²) in [6, 6.07) is 0. The van der Waals surface area contributed by atoms with Crippen molar-refractivity contribution in [3.05, 3.63) is 11.5 Å². The fourth-order valence-electron chi connectivity index (χ4n) is 2.08. The number of ether oxygens (including phenoxy) is 2. The molecule has 3 N–H and O–H groups in total. The van der Waals surface area contributed by atoms with E-state index in [2.05, 4.69) is 0 Å². The molecule has 0 bridgehead atoms. The summed E-state index contributed by atoms with van der Waals surface area (Å²) in [7, 11) is 0. The van der Waals surface area contributed by atoms with Crippen molar-refractivity contribution >= 4 is 5.97 Å². The third-order valence-corrected chi connectivity index (χ3v) is 3.40. The van der Waals surface area contributed by atoms with Crippen LogP contribution in [0.3, 0.4) is 0 Å². The molecule has 6 heteroatoms. The highest BCUT2D eigenvalue weighted by Gasteiger charge is 2.45. The summed E-state index contributed by atoms with van der Waals surface area (Å²) in [5, 5.41) is 29.1. The number of cyclic esters (lactones) is 1. The van der Waals surface area contributed by atoms with Gasteiger partial charge in [0, 0.05) is 11.3 Å². The van der Waals surface area contributed by atoms with Crippen LogP contribution < -0.4 is 0 Å². The fraction of sp³-hybridized carbons (Fsp3) is 0.769. The normalized spacial score (nSPS) is 23.3. The zero-order valence-electron chi connectivity index (χ0n) is 11.7. The van der Waals surface area contributed by atoms with Gasteiger partial charge >= 0.3 is 5.97 Å². The van der Waals surface area contributed by atoms with E-state index < -0.39 is 35.3 Å². The van der Waals surface area contributed by atoms with Gasteiger partial charge in [0.2, 0.25) is 5.76 Å². The van der Waals surface area contributed by atoms with E-state index in [0.717, 1.165) is 0 Å². The molecule has 0 aromatic rings. The molecule has 0 amide bonds. The molecule has 0 unspecified atom stereocenters. The number of rotatable bonds is 6. The van der Waals surface area contributed by atoms with Crippen LogP contribution in [0, 0.1) is 11.3 Å². The Morgan fingerprint density at radius 2 is 2.05 bits per heavy atom. The van der Waals surface area contributed by atoms with Gasteiger partial charge in [-0.2, -0.15) is 0 Å².